The van der Waals surface area contributed by atoms with Gasteiger partial charge in [0.15, 0.2) is 0 Å². The minimum Gasteiger partial charge on any atom is -0.385 e. The maximum atomic E-state index is 13.0. The molecule has 170 valence electrons. The molecule has 0 unspecified atom stereocenters. The molecule has 0 spiro atoms. The van der Waals surface area contributed by atoms with Gasteiger partial charge in [-0.2, -0.15) is 0 Å². The van der Waals surface area contributed by atoms with Gasteiger partial charge >= 0.3 is 5.69 Å². The zero-order valence-corrected chi connectivity index (χ0v) is 18.5. The van der Waals surface area contributed by atoms with E-state index in [0.717, 1.165) is 22.0 Å². The topological polar surface area (TPSA) is 106 Å². The number of ether oxygens (including phenoxy) is 1. The number of nitrogens with one attached hydrogen (secondary N) is 1. The number of aromatic amines is 1. The van der Waals surface area contributed by atoms with Crippen molar-refractivity contribution in [3.8, 4) is 0 Å². The average molecular weight is 446 g/mol. The third-order valence-electron chi connectivity index (χ3n) is 5.57. The third kappa shape index (κ3) is 4.96. The lowest BCUT2D eigenvalue weighted by Crippen LogP contribution is -2.39. The molecule has 0 fully saturated rings. The summed E-state index contributed by atoms with van der Waals surface area (Å²) < 4.78 is 6.62. The molecule has 4 aromatic rings. The number of methoxy groups -OCH3 is 1. The number of para-hydroxylation sites is 1. The monoisotopic (exact) mass is 445 g/mol. The van der Waals surface area contributed by atoms with E-state index in [1.165, 1.54) is 4.57 Å². The van der Waals surface area contributed by atoms with Crippen LogP contribution in [0.2, 0.25) is 0 Å². The van der Waals surface area contributed by atoms with Crippen LogP contribution in [0.5, 0.6) is 0 Å². The molecule has 0 atom stereocenters. The van der Waals surface area contributed by atoms with E-state index < -0.39 is 11.2 Å². The van der Waals surface area contributed by atoms with Crippen LogP contribution in [0.1, 0.15) is 17.5 Å². The van der Waals surface area contributed by atoms with Gasteiger partial charge in [-0.1, -0.05) is 54.6 Å². The van der Waals surface area contributed by atoms with Crippen LogP contribution >= 0.6 is 0 Å². The smallest absolute Gasteiger partial charge is 0.330 e. The number of nitrogen functional groups attached to an aromatic ring is 1. The van der Waals surface area contributed by atoms with E-state index in [9.17, 15) is 9.59 Å². The first-order valence-corrected chi connectivity index (χ1v) is 10.8. The Kier molecular flexibility index (Phi) is 6.85. The second kappa shape index (κ2) is 10.1. The summed E-state index contributed by atoms with van der Waals surface area (Å²) in [5.41, 5.74) is 8.43. The van der Waals surface area contributed by atoms with Crippen molar-refractivity contribution < 1.29 is 4.74 Å². The number of fused-ring (bicyclic) bond motifs is 1. The first kappa shape index (κ1) is 22.3. The molecule has 0 amide bonds. The van der Waals surface area contributed by atoms with Gasteiger partial charge in [0.1, 0.15) is 11.5 Å². The normalized spacial score (nSPS) is 11.1. The first-order chi connectivity index (χ1) is 16.1. The Bertz CT molecular complexity index is 1340. The number of rotatable bonds is 9. The van der Waals surface area contributed by atoms with E-state index in [-0.39, 0.29) is 18.1 Å². The highest BCUT2D eigenvalue weighted by molar-refractivity contribution is 5.82. The van der Waals surface area contributed by atoms with Gasteiger partial charge in [-0.05, 0) is 23.6 Å². The van der Waals surface area contributed by atoms with E-state index in [4.69, 9.17) is 10.5 Å². The largest absolute Gasteiger partial charge is 0.385 e. The van der Waals surface area contributed by atoms with Gasteiger partial charge in [-0.25, -0.2) is 4.79 Å². The molecule has 0 aliphatic heterocycles. The van der Waals surface area contributed by atoms with Gasteiger partial charge < -0.3 is 15.4 Å². The van der Waals surface area contributed by atoms with Crippen molar-refractivity contribution in [3.63, 3.8) is 0 Å². The standard InChI is InChI=1S/C25H27N5O3/c1-33-15-7-14-29(17-20-11-5-10-19-12-6-13-27-21(19)20)22-23(26)30(25(32)28-24(22)31)16-18-8-3-2-4-9-18/h2-6,8-13H,7,14-17,26H2,1H3,(H,28,31,32). The number of hydrogen-bond acceptors (Lipinski definition) is 6. The van der Waals surface area contributed by atoms with Crippen LogP contribution in [0, 0.1) is 0 Å². The Morgan fingerprint density at radius 3 is 2.64 bits per heavy atom. The molecule has 33 heavy (non-hydrogen) atoms. The SMILES string of the molecule is COCCCN(Cc1cccc2cccnc12)c1c(N)n(Cc2ccccc2)c(=O)[nH]c1=O. The molecule has 0 aliphatic carbocycles. The van der Waals surface area contributed by atoms with Gasteiger partial charge in [0.2, 0.25) is 0 Å². The van der Waals surface area contributed by atoms with Crippen LogP contribution in [0.4, 0.5) is 11.5 Å². The minimum atomic E-state index is -0.534. The molecule has 8 heteroatoms. The highest BCUT2D eigenvalue weighted by Gasteiger charge is 2.20. The molecule has 0 saturated heterocycles. The molecule has 0 radical (unpaired) electrons. The molecule has 2 aromatic heterocycles. The van der Waals surface area contributed by atoms with Crippen LogP contribution in [-0.2, 0) is 17.8 Å². The highest BCUT2D eigenvalue weighted by Crippen LogP contribution is 2.23. The molecule has 0 saturated carbocycles. The number of anilines is 2. The highest BCUT2D eigenvalue weighted by atomic mass is 16.5. The molecular weight excluding hydrogens is 418 g/mol. The summed E-state index contributed by atoms with van der Waals surface area (Å²) >= 11 is 0. The number of benzene rings is 2. The predicted molar refractivity (Wildman–Crippen MR) is 131 cm³/mol. The second-order valence-electron chi connectivity index (χ2n) is 7.83. The first-order valence-electron chi connectivity index (χ1n) is 10.8. The number of nitrogens with two attached hydrogens (primary N) is 1. The van der Waals surface area contributed by atoms with Crippen molar-refractivity contribution >= 4 is 22.4 Å². The zero-order chi connectivity index (χ0) is 23.2. The maximum Gasteiger partial charge on any atom is 0.330 e. The van der Waals surface area contributed by atoms with Gasteiger partial charge in [-0.3, -0.25) is 19.3 Å². The molecular formula is C25H27N5O3. The van der Waals surface area contributed by atoms with E-state index >= 15 is 0 Å². The minimum absolute atomic E-state index is 0.137. The molecule has 0 aliphatic rings. The summed E-state index contributed by atoms with van der Waals surface area (Å²) in [5, 5.41) is 1.02. The van der Waals surface area contributed by atoms with Gasteiger partial charge in [0.25, 0.3) is 5.56 Å². The zero-order valence-electron chi connectivity index (χ0n) is 18.5. The van der Waals surface area contributed by atoms with Crippen molar-refractivity contribution in [1.29, 1.82) is 0 Å². The summed E-state index contributed by atoms with van der Waals surface area (Å²) in [6, 6.07) is 19.4. The van der Waals surface area contributed by atoms with E-state index in [2.05, 4.69) is 9.97 Å². The maximum absolute atomic E-state index is 13.0. The number of aromatic nitrogens is 3. The van der Waals surface area contributed by atoms with Crippen LogP contribution in [-0.4, -0.2) is 34.8 Å². The fourth-order valence-corrected chi connectivity index (χ4v) is 3.98. The van der Waals surface area contributed by atoms with Gasteiger partial charge in [0, 0.05) is 38.4 Å². The number of nitrogens with zero attached hydrogens (tertiary/aromatic N) is 3. The van der Waals surface area contributed by atoms with Crippen molar-refractivity contribution in [2.75, 3.05) is 30.9 Å². The molecule has 0 bridgehead atoms. The Morgan fingerprint density at radius 2 is 1.85 bits per heavy atom. The number of pyridine rings is 1. The molecule has 2 aromatic carbocycles. The Hall–Kier alpha value is -3.91. The van der Waals surface area contributed by atoms with Crippen LogP contribution < -0.4 is 21.9 Å². The number of H-pyrrole nitrogens is 1. The molecule has 3 N–H and O–H groups in total. The van der Waals surface area contributed by atoms with E-state index in [1.54, 1.807) is 13.3 Å². The summed E-state index contributed by atoms with van der Waals surface area (Å²) in [6.07, 6.45) is 2.44. The summed E-state index contributed by atoms with van der Waals surface area (Å²) in [6.45, 7) is 1.73. The lowest BCUT2D eigenvalue weighted by Gasteiger charge is -2.26. The summed E-state index contributed by atoms with van der Waals surface area (Å²) in [5.74, 6) is 0.137. The van der Waals surface area contributed by atoms with Crippen LogP contribution in [0.3, 0.4) is 0 Å². The Labute approximate surface area is 191 Å². The summed E-state index contributed by atoms with van der Waals surface area (Å²) in [4.78, 5) is 34.4. The lowest BCUT2D eigenvalue weighted by molar-refractivity contribution is 0.196. The quantitative estimate of drug-likeness (QED) is 0.384. The van der Waals surface area contributed by atoms with E-state index in [1.807, 2.05) is 65.6 Å². The van der Waals surface area contributed by atoms with Crippen molar-refractivity contribution in [2.45, 2.75) is 19.5 Å². The molecule has 2 heterocycles. The average Bonchev–Trinajstić information content (AvgIpc) is 2.82. The summed E-state index contributed by atoms with van der Waals surface area (Å²) in [7, 11) is 1.64. The van der Waals surface area contributed by atoms with Crippen LogP contribution in [0.25, 0.3) is 10.9 Å². The van der Waals surface area contributed by atoms with E-state index in [0.29, 0.717) is 26.1 Å². The Balaban J connectivity index is 1.77. The molecule has 8 nitrogen and oxygen atoms in total. The second-order valence-corrected chi connectivity index (χ2v) is 7.83. The van der Waals surface area contributed by atoms with Crippen molar-refractivity contribution in [3.05, 3.63) is 98.8 Å². The van der Waals surface area contributed by atoms with Gasteiger partial charge in [0.05, 0.1) is 12.1 Å². The molecule has 4 rings (SSSR count). The fourth-order valence-electron chi connectivity index (χ4n) is 3.98. The third-order valence-corrected chi connectivity index (χ3v) is 5.57. The van der Waals surface area contributed by atoms with Crippen LogP contribution in [0.15, 0.2) is 76.4 Å². The van der Waals surface area contributed by atoms with Crippen molar-refractivity contribution in [2.24, 2.45) is 0 Å². The van der Waals surface area contributed by atoms with Gasteiger partial charge in [-0.15, -0.1) is 0 Å². The van der Waals surface area contributed by atoms with Crippen molar-refractivity contribution in [1.82, 2.24) is 14.5 Å². The fraction of sp³-hybridized carbons (Fsp3) is 0.240. The predicted octanol–water partition coefficient (Wildman–Crippen LogP) is 2.76. The Morgan fingerprint density at radius 1 is 1.06 bits per heavy atom. The number of hydrogen-bond donors (Lipinski definition) is 2. The lowest BCUT2D eigenvalue weighted by atomic mass is 10.1.